The highest BCUT2D eigenvalue weighted by Crippen LogP contribution is 2.19. The summed E-state index contributed by atoms with van der Waals surface area (Å²) >= 11 is 0. The number of ether oxygens (including phenoxy) is 3. The predicted molar refractivity (Wildman–Crippen MR) is 124 cm³/mol. The monoisotopic (exact) mass is 438 g/mol. The van der Waals surface area contributed by atoms with Crippen LogP contribution in [0, 0.1) is 6.92 Å². The molecule has 3 rings (SSSR count). The molecule has 0 atom stereocenters. The SMILES string of the molecule is Cc1ccc(CNc2nc(NCCOCCOCCN)nc(Oc3ccccc3)n2)cc1. The molecule has 3 aromatic rings. The van der Waals surface area contributed by atoms with Crippen molar-refractivity contribution in [2.24, 2.45) is 5.73 Å². The Morgan fingerprint density at radius 2 is 1.47 bits per heavy atom. The van der Waals surface area contributed by atoms with E-state index in [-0.39, 0.29) is 6.01 Å². The molecule has 170 valence electrons. The number of anilines is 2. The minimum Gasteiger partial charge on any atom is -0.424 e. The highest BCUT2D eigenvalue weighted by Gasteiger charge is 2.09. The molecule has 0 fully saturated rings. The molecule has 4 N–H and O–H groups in total. The molecule has 0 unspecified atom stereocenters. The topological polar surface area (TPSA) is 116 Å². The molecular weight excluding hydrogens is 408 g/mol. The maximum Gasteiger partial charge on any atom is 0.328 e. The van der Waals surface area contributed by atoms with Gasteiger partial charge in [0.1, 0.15) is 5.75 Å². The van der Waals surface area contributed by atoms with Gasteiger partial charge in [0.15, 0.2) is 0 Å². The first-order valence-electron chi connectivity index (χ1n) is 10.6. The Morgan fingerprint density at radius 1 is 0.781 bits per heavy atom. The molecule has 0 saturated heterocycles. The van der Waals surface area contributed by atoms with Gasteiger partial charge < -0.3 is 30.6 Å². The lowest BCUT2D eigenvalue weighted by Crippen LogP contribution is -2.16. The summed E-state index contributed by atoms with van der Waals surface area (Å²) in [5.74, 6) is 1.47. The molecule has 32 heavy (non-hydrogen) atoms. The highest BCUT2D eigenvalue weighted by atomic mass is 16.5. The molecule has 0 spiro atoms. The van der Waals surface area contributed by atoms with E-state index in [1.165, 1.54) is 5.56 Å². The van der Waals surface area contributed by atoms with Crippen molar-refractivity contribution in [1.29, 1.82) is 0 Å². The van der Waals surface area contributed by atoms with Crippen molar-refractivity contribution in [3.63, 3.8) is 0 Å². The molecule has 1 heterocycles. The van der Waals surface area contributed by atoms with Gasteiger partial charge in [-0.15, -0.1) is 0 Å². The average Bonchev–Trinajstić information content (AvgIpc) is 2.81. The van der Waals surface area contributed by atoms with Crippen LogP contribution >= 0.6 is 0 Å². The third kappa shape index (κ3) is 8.46. The van der Waals surface area contributed by atoms with Gasteiger partial charge in [0, 0.05) is 19.6 Å². The summed E-state index contributed by atoms with van der Waals surface area (Å²) in [6.07, 6.45) is 0. The van der Waals surface area contributed by atoms with Crippen molar-refractivity contribution in [2.45, 2.75) is 13.5 Å². The van der Waals surface area contributed by atoms with Crippen LogP contribution in [0.1, 0.15) is 11.1 Å². The lowest BCUT2D eigenvalue weighted by molar-refractivity contribution is 0.0547. The molecule has 0 bridgehead atoms. The predicted octanol–water partition coefficient (Wildman–Crippen LogP) is 2.99. The number of nitrogens with one attached hydrogen (secondary N) is 2. The minimum absolute atomic E-state index is 0.205. The largest absolute Gasteiger partial charge is 0.424 e. The second-order valence-corrected chi connectivity index (χ2v) is 6.96. The van der Waals surface area contributed by atoms with Gasteiger partial charge in [-0.3, -0.25) is 0 Å². The van der Waals surface area contributed by atoms with E-state index in [1.807, 2.05) is 30.3 Å². The number of benzene rings is 2. The highest BCUT2D eigenvalue weighted by molar-refractivity contribution is 5.38. The van der Waals surface area contributed by atoms with E-state index in [4.69, 9.17) is 19.9 Å². The fourth-order valence-electron chi connectivity index (χ4n) is 2.68. The van der Waals surface area contributed by atoms with Crippen molar-refractivity contribution >= 4 is 11.9 Å². The molecule has 0 radical (unpaired) electrons. The van der Waals surface area contributed by atoms with Gasteiger partial charge >= 0.3 is 6.01 Å². The Labute approximate surface area is 188 Å². The van der Waals surface area contributed by atoms with Crippen LogP contribution in [-0.2, 0) is 16.0 Å². The molecular formula is C23H30N6O3. The van der Waals surface area contributed by atoms with Crippen LogP contribution in [0.2, 0.25) is 0 Å². The minimum atomic E-state index is 0.205. The molecule has 0 saturated carbocycles. The first-order valence-corrected chi connectivity index (χ1v) is 10.6. The number of hydrogen-bond acceptors (Lipinski definition) is 9. The van der Waals surface area contributed by atoms with Crippen molar-refractivity contribution < 1.29 is 14.2 Å². The standard InChI is InChI=1S/C23H30N6O3/c1-18-7-9-19(10-8-18)17-26-22-27-21(25-12-14-31-16-15-30-13-11-24)28-23(29-22)32-20-5-3-2-4-6-20/h2-10H,11-17,24H2,1H3,(H2,25,26,27,28,29). The van der Waals surface area contributed by atoms with Gasteiger partial charge in [0.05, 0.1) is 26.4 Å². The molecule has 0 amide bonds. The van der Waals surface area contributed by atoms with Gasteiger partial charge in [-0.25, -0.2) is 0 Å². The van der Waals surface area contributed by atoms with E-state index in [0.29, 0.717) is 63.7 Å². The summed E-state index contributed by atoms with van der Waals surface area (Å²) in [4.78, 5) is 13.2. The van der Waals surface area contributed by atoms with E-state index in [2.05, 4.69) is 56.8 Å². The van der Waals surface area contributed by atoms with Crippen LogP contribution in [0.5, 0.6) is 11.8 Å². The number of nitrogens with two attached hydrogens (primary N) is 1. The molecule has 9 nitrogen and oxygen atoms in total. The molecule has 0 aliphatic rings. The van der Waals surface area contributed by atoms with Gasteiger partial charge in [0.25, 0.3) is 0 Å². The molecule has 1 aromatic heterocycles. The van der Waals surface area contributed by atoms with Crippen LogP contribution in [0.25, 0.3) is 0 Å². The van der Waals surface area contributed by atoms with Crippen molar-refractivity contribution in [3.8, 4) is 11.8 Å². The number of para-hydroxylation sites is 1. The summed E-state index contributed by atoms with van der Waals surface area (Å²) in [7, 11) is 0. The second-order valence-electron chi connectivity index (χ2n) is 6.96. The van der Waals surface area contributed by atoms with E-state index < -0.39 is 0 Å². The van der Waals surface area contributed by atoms with Gasteiger partial charge in [-0.05, 0) is 24.6 Å². The lowest BCUT2D eigenvalue weighted by atomic mass is 10.1. The second kappa shape index (κ2) is 13.2. The summed E-state index contributed by atoms with van der Waals surface area (Å²) in [6, 6.07) is 17.9. The van der Waals surface area contributed by atoms with E-state index in [1.54, 1.807) is 0 Å². The van der Waals surface area contributed by atoms with E-state index in [9.17, 15) is 0 Å². The fourth-order valence-corrected chi connectivity index (χ4v) is 2.68. The average molecular weight is 439 g/mol. The van der Waals surface area contributed by atoms with E-state index in [0.717, 1.165) is 5.56 Å². The number of nitrogens with zero attached hydrogens (tertiary/aromatic N) is 3. The van der Waals surface area contributed by atoms with Crippen LogP contribution in [0.3, 0.4) is 0 Å². The first kappa shape index (κ1) is 23.4. The maximum absolute atomic E-state index is 5.81. The normalized spacial score (nSPS) is 10.7. The molecule has 0 aliphatic carbocycles. The first-order chi connectivity index (χ1) is 15.7. The Bertz CT molecular complexity index is 925. The quantitative estimate of drug-likeness (QED) is 0.327. The van der Waals surface area contributed by atoms with E-state index >= 15 is 0 Å². The summed E-state index contributed by atoms with van der Waals surface area (Å²) in [5, 5.41) is 6.39. The van der Waals surface area contributed by atoms with Gasteiger partial charge in [-0.2, -0.15) is 15.0 Å². The molecule has 0 aliphatic heterocycles. The maximum atomic E-state index is 5.81. The third-order valence-corrected chi connectivity index (χ3v) is 4.30. The van der Waals surface area contributed by atoms with Crippen molar-refractivity contribution in [2.75, 3.05) is 50.2 Å². The van der Waals surface area contributed by atoms with Crippen LogP contribution < -0.4 is 21.1 Å². The van der Waals surface area contributed by atoms with Gasteiger partial charge in [-0.1, -0.05) is 48.0 Å². The fraction of sp³-hybridized carbons (Fsp3) is 0.348. The van der Waals surface area contributed by atoms with Crippen LogP contribution in [0.15, 0.2) is 54.6 Å². The Kier molecular flexibility index (Phi) is 9.66. The zero-order chi connectivity index (χ0) is 22.4. The van der Waals surface area contributed by atoms with Gasteiger partial charge in [0.2, 0.25) is 11.9 Å². The van der Waals surface area contributed by atoms with Crippen LogP contribution in [0.4, 0.5) is 11.9 Å². The third-order valence-electron chi connectivity index (χ3n) is 4.30. The summed E-state index contributed by atoms with van der Waals surface area (Å²) in [5.41, 5.74) is 7.72. The molecule has 2 aromatic carbocycles. The zero-order valence-corrected chi connectivity index (χ0v) is 18.3. The summed E-state index contributed by atoms with van der Waals surface area (Å²) in [6.45, 7) is 5.73. The van der Waals surface area contributed by atoms with Crippen LogP contribution in [-0.4, -0.2) is 54.5 Å². The van der Waals surface area contributed by atoms with Crippen molar-refractivity contribution in [1.82, 2.24) is 15.0 Å². The lowest BCUT2D eigenvalue weighted by Gasteiger charge is -2.11. The Morgan fingerprint density at radius 3 is 2.19 bits per heavy atom. The number of rotatable bonds is 14. The zero-order valence-electron chi connectivity index (χ0n) is 18.3. The number of hydrogen-bond donors (Lipinski definition) is 3. The Balaban J connectivity index is 1.58. The number of aryl methyl sites for hydroxylation is 1. The molecule has 9 heteroatoms. The Hall–Kier alpha value is -3.27. The smallest absolute Gasteiger partial charge is 0.328 e. The summed E-state index contributed by atoms with van der Waals surface area (Å²) < 4.78 is 16.6. The van der Waals surface area contributed by atoms with Crippen molar-refractivity contribution in [3.05, 3.63) is 65.7 Å². The number of aromatic nitrogens is 3.